The average molecular weight is 305 g/mol. The molecule has 1 fully saturated rings. The Labute approximate surface area is 133 Å². The third kappa shape index (κ3) is 4.91. The highest BCUT2D eigenvalue weighted by Gasteiger charge is 2.33. The maximum Gasteiger partial charge on any atom is 0.191 e. The van der Waals surface area contributed by atoms with E-state index in [9.17, 15) is 0 Å². The van der Waals surface area contributed by atoms with Gasteiger partial charge in [-0.15, -0.1) is 0 Å². The second-order valence-electron chi connectivity index (χ2n) is 6.02. The molecule has 1 aromatic carbocycles. The van der Waals surface area contributed by atoms with E-state index in [4.69, 9.17) is 9.47 Å². The Balaban J connectivity index is 1.79. The van der Waals surface area contributed by atoms with Crippen LogP contribution in [-0.4, -0.2) is 45.9 Å². The molecule has 1 aromatic rings. The van der Waals surface area contributed by atoms with Crippen LogP contribution in [0.25, 0.3) is 0 Å². The number of guanidine groups is 1. The zero-order valence-corrected chi connectivity index (χ0v) is 13.8. The second-order valence-corrected chi connectivity index (χ2v) is 6.02. The molecule has 0 bridgehead atoms. The number of rotatable bonds is 7. The molecule has 0 radical (unpaired) electrons. The minimum absolute atomic E-state index is 0.207. The number of hydrogen-bond acceptors (Lipinski definition) is 3. The largest absolute Gasteiger partial charge is 0.497 e. The molecule has 0 spiro atoms. The smallest absolute Gasteiger partial charge is 0.191 e. The van der Waals surface area contributed by atoms with Gasteiger partial charge < -0.3 is 20.1 Å². The van der Waals surface area contributed by atoms with Crippen molar-refractivity contribution < 1.29 is 9.47 Å². The van der Waals surface area contributed by atoms with Gasteiger partial charge in [-0.05, 0) is 31.0 Å². The third-order valence-corrected chi connectivity index (χ3v) is 3.73. The van der Waals surface area contributed by atoms with Crippen molar-refractivity contribution in [1.82, 2.24) is 10.6 Å². The Bertz CT molecular complexity index is 481. The van der Waals surface area contributed by atoms with Crippen molar-refractivity contribution in [2.75, 3.05) is 40.0 Å². The molecular weight excluding hydrogens is 278 g/mol. The number of nitrogens with zero attached hydrogens (tertiary/aromatic N) is 1. The van der Waals surface area contributed by atoms with Crippen LogP contribution in [0.15, 0.2) is 29.3 Å². The SMILES string of the molecule is CCNC(=NCC1(C)COC1)NCCc1ccc(OC)cc1. The van der Waals surface area contributed by atoms with E-state index in [0.717, 1.165) is 51.0 Å². The molecule has 1 heterocycles. The van der Waals surface area contributed by atoms with Crippen LogP contribution in [0.3, 0.4) is 0 Å². The fourth-order valence-corrected chi connectivity index (χ4v) is 2.27. The number of nitrogens with one attached hydrogen (secondary N) is 2. The highest BCUT2D eigenvalue weighted by molar-refractivity contribution is 5.79. The topological polar surface area (TPSA) is 54.9 Å². The van der Waals surface area contributed by atoms with Crippen molar-refractivity contribution in [1.29, 1.82) is 0 Å². The van der Waals surface area contributed by atoms with Crippen LogP contribution in [0, 0.1) is 5.41 Å². The van der Waals surface area contributed by atoms with Gasteiger partial charge in [0.25, 0.3) is 0 Å². The molecule has 1 aliphatic rings. The molecule has 22 heavy (non-hydrogen) atoms. The molecule has 0 aliphatic carbocycles. The molecule has 0 unspecified atom stereocenters. The van der Waals surface area contributed by atoms with E-state index in [2.05, 4.69) is 41.6 Å². The van der Waals surface area contributed by atoms with Crippen LogP contribution in [0.4, 0.5) is 0 Å². The molecule has 122 valence electrons. The number of benzene rings is 1. The summed E-state index contributed by atoms with van der Waals surface area (Å²) in [5.74, 6) is 1.77. The summed E-state index contributed by atoms with van der Waals surface area (Å²) in [6.07, 6.45) is 0.953. The monoisotopic (exact) mass is 305 g/mol. The van der Waals surface area contributed by atoms with Gasteiger partial charge in [-0.1, -0.05) is 19.1 Å². The third-order valence-electron chi connectivity index (χ3n) is 3.73. The van der Waals surface area contributed by atoms with Gasteiger partial charge in [0.1, 0.15) is 5.75 Å². The first kappa shape index (κ1) is 16.6. The maximum atomic E-state index is 5.27. The number of hydrogen-bond donors (Lipinski definition) is 2. The Hall–Kier alpha value is -1.75. The van der Waals surface area contributed by atoms with Crippen LogP contribution in [-0.2, 0) is 11.2 Å². The Kier molecular flexibility index (Phi) is 6.07. The highest BCUT2D eigenvalue weighted by Crippen LogP contribution is 2.26. The fourth-order valence-electron chi connectivity index (χ4n) is 2.27. The Morgan fingerprint density at radius 1 is 1.27 bits per heavy atom. The molecule has 0 aromatic heterocycles. The number of ether oxygens (including phenoxy) is 2. The van der Waals surface area contributed by atoms with E-state index in [0.29, 0.717) is 0 Å². The molecule has 2 rings (SSSR count). The van der Waals surface area contributed by atoms with E-state index in [1.807, 2.05) is 12.1 Å². The van der Waals surface area contributed by atoms with Gasteiger partial charge in [-0.3, -0.25) is 4.99 Å². The average Bonchev–Trinajstić information content (AvgIpc) is 2.51. The quantitative estimate of drug-likeness (QED) is 0.596. The van der Waals surface area contributed by atoms with Crippen molar-refractivity contribution >= 4 is 5.96 Å². The molecule has 2 N–H and O–H groups in total. The summed E-state index contributed by atoms with van der Waals surface area (Å²) in [5.41, 5.74) is 1.49. The normalized spacial score (nSPS) is 16.8. The Morgan fingerprint density at radius 3 is 2.55 bits per heavy atom. The zero-order valence-electron chi connectivity index (χ0n) is 13.8. The van der Waals surface area contributed by atoms with E-state index in [-0.39, 0.29) is 5.41 Å². The van der Waals surface area contributed by atoms with Crippen LogP contribution in [0.5, 0.6) is 5.75 Å². The standard InChI is InChI=1S/C17H27N3O2/c1-4-18-16(20-11-17(2)12-22-13-17)19-10-9-14-5-7-15(21-3)8-6-14/h5-8H,4,9-13H2,1-3H3,(H2,18,19,20). The summed E-state index contributed by atoms with van der Waals surface area (Å²) < 4.78 is 10.4. The lowest BCUT2D eigenvalue weighted by Crippen LogP contribution is -2.44. The summed E-state index contributed by atoms with van der Waals surface area (Å²) in [7, 11) is 1.68. The van der Waals surface area contributed by atoms with Gasteiger partial charge in [0.05, 0.1) is 26.9 Å². The summed E-state index contributed by atoms with van der Waals surface area (Å²) >= 11 is 0. The maximum absolute atomic E-state index is 5.27. The van der Waals surface area contributed by atoms with Crippen LogP contribution < -0.4 is 15.4 Å². The number of methoxy groups -OCH3 is 1. The predicted molar refractivity (Wildman–Crippen MR) is 89.6 cm³/mol. The first-order valence-corrected chi connectivity index (χ1v) is 7.88. The molecular formula is C17H27N3O2. The van der Waals surface area contributed by atoms with Crippen LogP contribution in [0.1, 0.15) is 19.4 Å². The molecule has 0 saturated carbocycles. The van der Waals surface area contributed by atoms with Gasteiger partial charge in [0.15, 0.2) is 5.96 Å². The van der Waals surface area contributed by atoms with Gasteiger partial charge in [0.2, 0.25) is 0 Å². The first-order chi connectivity index (χ1) is 10.6. The minimum atomic E-state index is 0.207. The van der Waals surface area contributed by atoms with E-state index in [1.54, 1.807) is 7.11 Å². The van der Waals surface area contributed by atoms with E-state index >= 15 is 0 Å². The van der Waals surface area contributed by atoms with E-state index in [1.165, 1.54) is 5.56 Å². The lowest BCUT2D eigenvalue weighted by molar-refractivity contribution is -0.0945. The fraction of sp³-hybridized carbons (Fsp3) is 0.588. The molecule has 1 saturated heterocycles. The predicted octanol–water partition coefficient (Wildman–Crippen LogP) is 1.83. The molecule has 0 atom stereocenters. The van der Waals surface area contributed by atoms with Crippen LogP contribution in [0.2, 0.25) is 0 Å². The van der Waals surface area contributed by atoms with Gasteiger partial charge in [0, 0.05) is 18.5 Å². The van der Waals surface area contributed by atoms with Crippen molar-refractivity contribution in [2.24, 2.45) is 10.4 Å². The first-order valence-electron chi connectivity index (χ1n) is 7.88. The van der Waals surface area contributed by atoms with Gasteiger partial charge in [-0.2, -0.15) is 0 Å². The van der Waals surface area contributed by atoms with Crippen molar-refractivity contribution in [2.45, 2.75) is 20.3 Å². The van der Waals surface area contributed by atoms with Crippen molar-refractivity contribution in [3.63, 3.8) is 0 Å². The lowest BCUT2D eigenvalue weighted by Gasteiger charge is -2.36. The van der Waals surface area contributed by atoms with Crippen LogP contribution >= 0.6 is 0 Å². The van der Waals surface area contributed by atoms with Crippen molar-refractivity contribution in [3.05, 3.63) is 29.8 Å². The van der Waals surface area contributed by atoms with Crippen molar-refractivity contribution in [3.8, 4) is 5.75 Å². The summed E-state index contributed by atoms with van der Waals surface area (Å²) in [5, 5.41) is 6.67. The summed E-state index contributed by atoms with van der Waals surface area (Å²) in [6.45, 7) is 8.41. The van der Waals surface area contributed by atoms with Gasteiger partial charge in [-0.25, -0.2) is 0 Å². The molecule has 5 heteroatoms. The number of aliphatic imine (C=N–C) groups is 1. The molecule has 0 amide bonds. The van der Waals surface area contributed by atoms with E-state index < -0.39 is 0 Å². The summed E-state index contributed by atoms with van der Waals surface area (Å²) in [4.78, 5) is 4.66. The minimum Gasteiger partial charge on any atom is -0.497 e. The second kappa shape index (κ2) is 8.03. The summed E-state index contributed by atoms with van der Waals surface area (Å²) in [6, 6.07) is 8.17. The van der Waals surface area contributed by atoms with Gasteiger partial charge >= 0.3 is 0 Å². The molecule has 1 aliphatic heterocycles. The highest BCUT2D eigenvalue weighted by atomic mass is 16.5. The molecule has 5 nitrogen and oxygen atoms in total. The lowest BCUT2D eigenvalue weighted by atomic mass is 9.89. The zero-order chi connectivity index (χ0) is 15.8. The Morgan fingerprint density at radius 2 is 2.00 bits per heavy atom.